The van der Waals surface area contributed by atoms with E-state index in [0.29, 0.717) is 5.69 Å². The van der Waals surface area contributed by atoms with Crippen LogP contribution in [0.1, 0.15) is 31.2 Å². The molecule has 0 saturated carbocycles. The van der Waals surface area contributed by atoms with Crippen molar-refractivity contribution in [3.63, 3.8) is 0 Å². The lowest BCUT2D eigenvalue weighted by molar-refractivity contribution is -0.114. The zero-order valence-corrected chi connectivity index (χ0v) is 19.5. The molecule has 2 aliphatic heterocycles. The summed E-state index contributed by atoms with van der Waals surface area (Å²) < 4.78 is 0. The Balaban J connectivity index is 1.75. The first-order valence-corrected chi connectivity index (χ1v) is 11.3. The second-order valence-corrected chi connectivity index (χ2v) is 8.16. The SMILES string of the molecule is C=C(/C=C\C=C/N)C(=O)N1/C(=C2\C(=O)c3ccccc3N2C(=O)c2ccccn2)C(=O)c2ccccc21. The highest BCUT2D eigenvalue weighted by Crippen LogP contribution is 2.43. The fraction of sp³-hybridized carbons (Fsp3) is 0. The van der Waals surface area contributed by atoms with Crippen molar-refractivity contribution < 1.29 is 19.2 Å². The number of carbonyl (C=O) groups excluding carboxylic acids is 4. The van der Waals surface area contributed by atoms with Crippen molar-refractivity contribution in [1.29, 1.82) is 0 Å². The molecule has 37 heavy (non-hydrogen) atoms. The third-order valence-corrected chi connectivity index (χ3v) is 5.97. The van der Waals surface area contributed by atoms with Gasteiger partial charge in [0.2, 0.25) is 11.6 Å². The van der Waals surface area contributed by atoms with Crippen LogP contribution < -0.4 is 15.5 Å². The molecule has 0 radical (unpaired) electrons. The van der Waals surface area contributed by atoms with E-state index >= 15 is 0 Å². The number of hydrogen-bond acceptors (Lipinski definition) is 6. The highest BCUT2D eigenvalue weighted by atomic mass is 16.2. The van der Waals surface area contributed by atoms with Crippen LogP contribution in [0.3, 0.4) is 0 Å². The van der Waals surface area contributed by atoms with Crippen LogP contribution in [0.4, 0.5) is 11.4 Å². The summed E-state index contributed by atoms with van der Waals surface area (Å²) >= 11 is 0. The maximum absolute atomic E-state index is 13.8. The number of aromatic nitrogens is 1. The number of hydrogen-bond donors (Lipinski definition) is 1. The monoisotopic (exact) mass is 488 g/mol. The smallest absolute Gasteiger partial charge is 0.281 e. The van der Waals surface area contributed by atoms with Gasteiger partial charge in [-0.3, -0.25) is 34.0 Å². The molecular weight excluding hydrogens is 468 g/mol. The van der Waals surface area contributed by atoms with Gasteiger partial charge in [0.25, 0.3) is 11.8 Å². The number of anilines is 2. The number of Topliss-reactive ketones (excluding diaryl/α,β-unsaturated/α-hetero) is 2. The fourth-order valence-electron chi connectivity index (χ4n) is 4.32. The number of fused-ring (bicyclic) bond motifs is 2. The molecule has 0 atom stereocenters. The van der Waals surface area contributed by atoms with Gasteiger partial charge in [-0.1, -0.05) is 43.0 Å². The van der Waals surface area contributed by atoms with Gasteiger partial charge in [-0.25, -0.2) is 0 Å². The number of nitrogens with zero attached hydrogens (tertiary/aromatic N) is 3. The van der Waals surface area contributed by atoms with Gasteiger partial charge in [-0.15, -0.1) is 0 Å². The van der Waals surface area contributed by atoms with Crippen LogP contribution in [0.2, 0.25) is 0 Å². The minimum Gasteiger partial charge on any atom is -0.405 e. The van der Waals surface area contributed by atoms with Gasteiger partial charge in [-0.05, 0) is 54.8 Å². The van der Waals surface area contributed by atoms with Crippen LogP contribution in [-0.2, 0) is 4.79 Å². The highest BCUT2D eigenvalue weighted by molar-refractivity contribution is 6.35. The van der Waals surface area contributed by atoms with E-state index in [0.717, 1.165) is 9.80 Å². The first kappa shape index (κ1) is 23.4. The van der Waals surface area contributed by atoms with Gasteiger partial charge in [0.05, 0.1) is 11.4 Å². The second kappa shape index (κ2) is 9.35. The number of para-hydroxylation sites is 2. The van der Waals surface area contributed by atoms with Gasteiger partial charge in [0, 0.05) is 22.9 Å². The molecule has 3 heterocycles. The van der Waals surface area contributed by atoms with Crippen LogP contribution >= 0.6 is 0 Å². The summed E-state index contributed by atoms with van der Waals surface area (Å²) in [5, 5.41) is 0. The van der Waals surface area contributed by atoms with E-state index in [9.17, 15) is 19.2 Å². The normalized spacial score (nSPS) is 16.5. The average Bonchev–Trinajstić information content (AvgIpc) is 3.39. The molecule has 1 aromatic heterocycles. The van der Waals surface area contributed by atoms with Gasteiger partial charge in [-0.2, -0.15) is 0 Å². The van der Waals surface area contributed by atoms with E-state index in [2.05, 4.69) is 11.6 Å². The Morgan fingerprint density at radius 3 is 1.95 bits per heavy atom. The van der Waals surface area contributed by atoms with E-state index in [4.69, 9.17) is 5.73 Å². The number of pyridine rings is 1. The van der Waals surface area contributed by atoms with Crippen molar-refractivity contribution in [3.8, 4) is 0 Å². The molecule has 5 rings (SSSR count). The minimum atomic E-state index is -0.628. The van der Waals surface area contributed by atoms with E-state index in [1.54, 1.807) is 60.7 Å². The topological polar surface area (TPSA) is 114 Å². The molecule has 2 amide bonds. The molecule has 8 nitrogen and oxygen atoms in total. The number of nitrogens with two attached hydrogens (primary N) is 1. The number of rotatable bonds is 4. The molecule has 2 N–H and O–H groups in total. The average molecular weight is 489 g/mol. The van der Waals surface area contributed by atoms with Crippen molar-refractivity contribution in [1.82, 2.24) is 4.98 Å². The molecule has 0 aliphatic carbocycles. The maximum Gasteiger partial charge on any atom is 0.281 e. The van der Waals surface area contributed by atoms with Crippen molar-refractivity contribution in [2.24, 2.45) is 5.73 Å². The van der Waals surface area contributed by atoms with E-state index in [1.165, 1.54) is 36.7 Å². The Bertz CT molecular complexity index is 1580. The third kappa shape index (κ3) is 3.77. The Labute approximate surface area is 212 Å². The van der Waals surface area contributed by atoms with Gasteiger partial charge in [0.15, 0.2) is 0 Å². The van der Waals surface area contributed by atoms with Crippen LogP contribution in [0, 0.1) is 0 Å². The highest BCUT2D eigenvalue weighted by Gasteiger charge is 2.47. The summed E-state index contributed by atoms with van der Waals surface area (Å²) in [6, 6.07) is 17.9. The Morgan fingerprint density at radius 2 is 1.35 bits per heavy atom. The summed E-state index contributed by atoms with van der Waals surface area (Å²) in [6.07, 6.45) is 7.26. The molecule has 3 aromatic rings. The van der Waals surface area contributed by atoms with E-state index in [1.807, 2.05) is 0 Å². The summed E-state index contributed by atoms with van der Waals surface area (Å²) in [5.74, 6) is -2.35. The number of allylic oxidation sites excluding steroid dienone is 4. The molecule has 180 valence electrons. The molecular formula is C29H20N4O4. The molecule has 2 aromatic carbocycles. The first-order chi connectivity index (χ1) is 18.0. The van der Waals surface area contributed by atoms with Crippen LogP contribution in [-0.4, -0.2) is 28.4 Å². The molecule has 0 fully saturated rings. The molecule has 0 bridgehead atoms. The van der Waals surface area contributed by atoms with Crippen molar-refractivity contribution in [2.45, 2.75) is 0 Å². The Kier molecular flexibility index (Phi) is 5.91. The number of carbonyl (C=O) groups is 4. The second-order valence-electron chi connectivity index (χ2n) is 8.16. The summed E-state index contributed by atoms with van der Waals surface area (Å²) in [4.78, 5) is 61.3. The van der Waals surface area contributed by atoms with E-state index < -0.39 is 23.4 Å². The number of ketones is 2. The largest absolute Gasteiger partial charge is 0.405 e. The van der Waals surface area contributed by atoms with Crippen molar-refractivity contribution >= 4 is 34.8 Å². The lowest BCUT2D eigenvalue weighted by Crippen LogP contribution is -2.37. The quantitative estimate of drug-likeness (QED) is 0.439. The van der Waals surface area contributed by atoms with Gasteiger partial charge >= 0.3 is 0 Å². The van der Waals surface area contributed by atoms with Crippen LogP contribution in [0.15, 0.2) is 121 Å². The number of amides is 2. The molecule has 2 aliphatic rings. The van der Waals surface area contributed by atoms with E-state index in [-0.39, 0.29) is 39.5 Å². The third-order valence-electron chi connectivity index (χ3n) is 5.97. The summed E-state index contributed by atoms with van der Waals surface area (Å²) in [7, 11) is 0. The molecule has 0 unspecified atom stereocenters. The minimum absolute atomic E-state index is 0.0475. The van der Waals surface area contributed by atoms with Crippen LogP contribution in [0.25, 0.3) is 0 Å². The zero-order valence-electron chi connectivity index (χ0n) is 19.5. The fourth-order valence-corrected chi connectivity index (χ4v) is 4.32. The first-order valence-electron chi connectivity index (χ1n) is 11.3. The maximum atomic E-state index is 13.8. The zero-order chi connectivity index (χ0) is 26.1. The summed E-state index contributed by atoms with van der Waals surface area (Å²) in [5.41, 5.74) is 6.09. The lowest BCUT2D eigenvalue weighted by Gasteiger charge is -2.24. The number of benzene rings is 2. The Hall–Kier alpha value is -5.37. The van der Waals surface area contributed by atoms with Gasteiger partial charge < -0.3 is 5.73 Å². The van der Waals surface area contributed by atoms with Crippen molar-refractivity contribution in [3.05, 3.63) is 138 Å². The van der Waals surface area contributed by atoms with Crippen molar-refractivity contribution in [2.75, 3.05) is 9.80 Å². The summed E-state index contributed by atoms with van der Waals surface area (Å²) in [6.45, 7) is 3.83. The molecule has 8 heteroatoms. The van der Waals surface area contributed by atoms with Gasteiger partial charge in [0.1, 0.15) is 17.1 Å². The predicted molar refractivity (Wildman–Crippen MR) is 139 cm³/mol. The molecule has 0 saturated heterocycles. The Morgan fingerprint density at radius 1 is 0.784 bits per heavy atom. The standard InChI is InChI=1S/C29H20N4O4/c1-18(10-6-8-16-30)28(36)32-22-14-4-2-11-19(22)26(34)24(32)25-27(35)20-12-3-5-15-23(20)33(25)29(37)21-13-7-9-17-31-21/h2-17H,1,30H2/b10-6-,16-8-,25-24+. The molecule has 0 spiro atoms. The van der Waals surface area contributed by atoms with Crippen LogP contribution in [0.5, 0.6) is 0 Å². The predicted octanol–water partition coefficient (Wildman–Crippen LogP) is 3.95. The lowest BCUT2D eigenvalue weighted by atomic mass is 10.1.